The van der Waals surface area contributed by atoms with Crippen LogP contribution in [-0.2, 0) is 6.54 Å². The predicted octanol–water partition coefficient (Wildman–Crippen LogP) is 3.16. The van der Waals surface area contributed by atoms with Gasteiger partial charge in [-0.15, -0.1) is 10.2 Å². The van der Waals surface area contributed by atoms with E-state index in [9.17, 15) is 10.1 Å². The highest BCUT2D eigenvalue weighted by atomic mass is 35.5. The van der Waals surface area contributed by atoms with Crippen LogP contribution in [0, 0.1) is 24.0 Å². The van der Waals surface area contributed by atoms with Gasteiger partial charge in [0.1, 0.15) is 17.9 Å². The van der Waals surface area contributed by atoms with Gasteiger partial charge in [0.25, 0.3) is 0 Å². The number of halogens is 1. The van der Waals surface area contributed by atoms with Gasteiger partial charge in [-0.2, -0.15) is 5.10 Å². The summed E-state index contributed by atoms with van der Waals surface area (Å²) in [5.74, 6) is 0.670. The minimum Gasteiger partial charge on any atom is -0.419 e. The van der Waals surface area contributed by atoms with Crippen LogP contribution in [0.25, 0.3) is 11.5 Å². The lowest BCUT2D eigenvalue weighted by molar-refractivity contribution is -0.386. The lowest BCUT2D eigenvalue weighted by Gasteiger charge is -1.99. The summed E-state index contributed by atoms with van der Waals surface area (Å²) in [6, 6.07) is 7.00. The van der Waals surface area contributed by atoms with Gasteiger partial charge < -0.3 is 4.42 Å². The maximum Gasteiger partial charge on any atom is 0.312 e. The molecule has 0 fully saturated rings. The molecule has 2 aromatic heterocycles. The molecule has 2 heterocycles. The Morgan fingerprint density at radius 2 is 1.96 bits per heavy atom. The summed E-state index contributed by atoms with van der Waals surface area (Å²) in [5, 5.41) is 23.7. The standard InChI is InChI=1S/C14H12ClN5O3/c1-8-13(20(21)22)9(2)19(18-8)7-12-16-17-14(23-12)10-3-5-11(15)6-4-10/h3-6H,7H2,1-2H3. The molecule has 118 valence electrons. The summed E-state index contributed by atoms with van der Waals surface area (Å²) < 4.78 is 7.06. The molecule has 0 aliphatic rings. The van der Waals surface area contributed by atoms with Crippen molar-refractivity contribution in [2.45, 2.75) is 20.4 Å². The number of nitrogens with zero attached hydrogens (tertiary/aromatic N) is 5. The van der Waals surface area contributed by atoms with Crippen molar-refractivity contribution >= 4 is 17.3 Å². The Balaban J connectivity index is 1.86. The zero-order valence-corrected chi connectivity index (χ0v) is 13.1. The average Bonchev–Trinajstić information content (AvgIpc) is 3.05. The number of benzene rings is 1. The average molecular weight is 334 g/mol. The second-order valence-electron chi connectivity index (χ2n) is 4.94. The summed E-state index contributed by atoms with van der Waals surface area (Å²) in [5.41, 5.74) is 1.54. The van der Waals surface area contributed by atoms with Crippen LogP contribution in [0.4, 0.5) is 5.69 Å². The number of hydrogen-bond acceptors (Lipinski definition) is 6. The quantitative estimate of drug-likeness (QED) is 0.537. The highest BCUT2D eigenvalue weighted by Crippen LogP contribution is 2.24. The highest BCUT2D eigenvalue weighted by molar-refractivity contribution is 6.30. The summed E-state index contributed by atoms with van der Waals surface area (Å²) in [6.45, 7) is 3.39. The molecule has 0 amide bonds. The first-order chi connectivity index (χ1) is 11.0. The molecule has 0 radical (unpaired) electrons. The van der Waals surface area contributed by atoms with E-state index >= 15 is 0 Å². The van der Waals surface area contributed by atoms with Crippen LogP contribution < -0.4 is 0 Å². The lowest BCUT2D eigenvalue weighted by Crippen LogP contribution is -2.04. The van der Waals surface area contributed by atoms with Gasteiger partial charge in [0.15, 0.2) is 0 Å². The van der Waals surface area contributed by atoms with E-state index in [4.69, 9.17) is 16.0 Å². The maximum atomic E-state index is 11.0. The van der Waals surface area contributed by atoms with E-state index in [0.29, 0.717) is 28.2 Å². The van der Waals surface area contributed by atoms with Crippen molar-refractivity contribution in [3.63, 3.8) is 0 Å². The molecule has 0 saturated heterocycles. The zero-order chi connectivity index (χ0) is 16.6. The summed E-state index contributed by atoms with van der Waals surface area (Å²) in [6.07, 6.45) is 0. The van der Waals surface area contributed by atoms with Gasteiger partial charge in [0.2, 0.25) is 11.8 Å². The molecule has 0 saturated carbocycles. The molecule has 0 aliphatic carbocycles. The Morgan fingerprint density at radius 1 is 1.26 bits per heavy atom. The second kappa shape index (κ2) is 5.81. The molecule has 0 N–H and O–H groups in total. The smallest absolute Gasteiger partial charge is 0.312 e. The van der Waals surface area contributed by atoms with Gasteiger partial charge in [-0.3, -0.25) is 14.8 Å². The molecule has 8 nitrogen and oxygen atoms in total. The normalized spacial score (nSPS) is 10.9. The van der Waals surface area contributed by atoms with Crippen LogP contribution in [0.1, 0.15) is 17.3 Å². The molecule has 0 unspecified atom stereocenters. The Morgan fingerprint density at radius 3 is 2.57 bits per heavy atom. The van der Waals surface area contributed by atoms with Crippen LogP contribution >= 0.6 is 11.6 Å². The SMILES string of the molecule is Cc1nn(Cc2nnc(-c3ccc(Cl)cc3)o2)c(C)c1[N+](=O)[O-]. The molecule has 0 atom stereocenters. The van der Waals surface area contributed by atoms with E-state index in [2.05, 4.69) is 15.3 Å². The van der Waals surface area contributed by atoms with Crippen LogP contribution in [0.2, 0.25) is 5.02 Å². The molecule has 3 rings (SSSR count). The number of rotatable bonds is 4. The van der Waals surface area contributed by atoms with Crippen molar-refractivity contribution in [1.29, 1.82) is 0 Å². The van der Waals surface area contributed by atoms with E-state index in [1.165, 1.54) is 4.68 Å². The van der Waals surface area contributed by atoms with Gasteiger partial charge in [0.05, 0.1) is 4.92 Å². The van der Waals surface area contributed by atoms with Gasteiger partial charge in [-0.1, -0.05) is 11.6 Å². The molecule has 1 aromatic carbocycles. The minimum atomic E-state index is -0.443. The van der Waals surface area contributed by atoms with Crippen molar-refractivity contribution in [3.8, 4) is 11.5 Å². The summed E-state index contributed by atoms with van der Waals surface area (Å²) in [7, 11) is 0. The first kappa shape index (κ1) is 15.2. The van der Waals surface area contributed by atoms with E-state index in [-0.39, 0.29) is 12.2 Å². The molecule has 0 bridgehead atoms. The van der Waals surface area contributed by atoms with E-state index in [0.717, 1.165) is 5.56 Å². The predicted molar refractivity (Wildman–Crippen MR) is 82.2 cm³/mol. The largest absolute Gasteiger partial charge is 0.419 e. The molecule has 23 heavy (non-hydrogen) atoms. The number of aryl methyl sites for hydroxylation is 1. The Bertz CT molecular complexity index is 869. The Hall–Kier alpha value is -2.74. The Kier molecular flexibility index (Phi) is 3.83. The summed E-state index contributed by atoms with van der Waals surface area (Å²) in [4.78, 5) is 10.6. The fraction of sp³-hybridized carbons (Fsp3) is 0.214. The molecule has 9 heteroatoms. The van der Waals surface area contributed by atoms with E-state index < -0.39 is 4.92 Å². The van der Waals surface area contributed by atoms with Crippen molar-refractivity contribution in [2.75, 3.05) is 0 Å². The van der Waals surface area contributed by atoms with Gasteiger partial charge in [-0.05, 0) is 38.1 Å². The van der Waals surface area contributed by atoms with Crippen LogP contribution in [0.5, 0.6) is 0 Å². The van der Waals surface area contributed by atoms with E-state index in [1.54, 1.807) is 38.1 Å². The van der Waals surface area contributed by atoms with E-state index in [1.807, 2.05) is 0 Å². The Labute approximate surface area is 135 Å². The molecular formula is C14H12ClN5O3. The third kappa shape index (κ3) is 2.93. The molecule has 0 aliphatic heterocycles. The molecule has 0 spiro atoms. The summed E-state index contributed by atoms with van der Waals surface area (Å²) >= 11 is 5.84. The first-order valence-electron chi connectivity index (χ1n) is 6.72. The first-order valence-corrected chi connectivity index (χ1v) is 7.10. The number of aromatic nitrogens is 4. The van der Waals surface area contributed by atoms with Crippen molar-refractivity contribution in [1.82, 2.24) is 20.0 Å². The van der Waals surface area contributed by atoms with Gasteiger partial charge in [-0.25, -0.2) is 0 Å². The molecule has 3 aromatic rings. The van der Waals surface area contributed by atoms with Crippen molar-refractivity contribution < 1.29 is 9.34 Å². The minimum absolute atomic E-state index is 0.00226. The second-order valence-corrected chi connectivity index (χ2v) is 5.38. The molecular weight excluding hydrogens is 322 g/mol. The van der Waals surface area contributed by atoms with Crippen molar-refractivity contribution in [2.24, 2.45) is 0 Å². The number of nitro groups is 1. The van der Waals surface area contributed by atoms with Crippen LogP contribution in [0.3, 0.4) is 0 Å². The zero-order valence-electron chi connectivity index (χ0n) is 12.4. The third-order valence-corrected chi connectivity index (χ3v) is 3.62. The lowest BCUT2D eigenvalue weighted by atomic mass is 10.2. The highest BCUT2D eigenvalue weighted by Gasteiger charge is 2.22. The third-order valence-electron chi connectivity index (χ3n) is 3.37. The van der Waals surface area contributed by atoms with Gasteiger partial charge in [0, 0.05) is 10.6 Å². The van der Waals surface area contributed by atoms with Crippen LogP contribution in [0.15, 0.2) is 28.7 Å². The maximum absolute atomic E-state index is 11.0. The van der Waals surface area contributed by atoms with Gasteiger partial charge >= 0.3 is 5.69 Å². The van der Waals surface area contributed by atoms with Crippen LogP contribution in [-0.4, -0.2) is 24.9 Å². The fourth-order valence-corrected chi connectivity index (χ4v) is 2.39. The topological polar surface area (TPSA) is 99.9 Å². The van der Waals surface area contributed by atoms with Crippen molar-refractivity contribution in [3.05, 3.63) is 56.7 Å². The monoisotopic (exact) mass is 333 g/mol. The fourth-order valence-electron chi connectivity index (χ4n) is 2.26. The number of hydrogen-bond donors (Lipinski definition) is 0.